The van der Waals surface area contributed by atoms with E-state index in [1.807, 2.05) is 0 Å². The smallest absolute Gasteiger partial charge is 0.232 e. The maximum atomic E-state index is 12.3. The zero-order valence-electron chi connectivity index (χ0n) is 15.3. The Labute approximate surface area is 161 Å². The van der Waals surface area contributed by atoms with E-state index in [1.165, 1.54) is 25.9 Å². The molecular formula is C18H24N2O6S. The molecule has 0 bridgehead atoms. The molecule has 0 aromatic carbocycles. The molecule has 2 aliphatic carbocycles. The maximum Gasteiger partial charge on any atom is 0.232 e. The lowest BCUT2D eigenvalue weighted by molar-refractivity contribution is -0.139. The molecule has 9 heteroatoms. The molecular weight excluding hydrogens is 372 g/mol. The van der Waals surface area contributed by atoms with E-state index >= 15 is 0 Å². The van der Waals surface area contributed by atoms with Gasteiger partial charge in [-0.15, -0.1) is 11.8 Å². The molecule has 0 radical (unpaired) electrons. The molecule has 0 aromatic heterocycles. The number of imide groups is 2. The minimum atomic E-state index is -0.743. The number of fused-ring (bicyclic) bond motifs is 2. The van der Waals surface area contributed by atoms with Gasteiger partial charge < -0.3 is 10.2 Å². The van der Waals surface area contributed by atoms with Crippen LogP contribution in [0.25, 0.3) is 0 Å². The van der Waals surface area contributed by atoms with Crippen molar-refractivity contribution in [1.82, 2.24) is 9.80 Å². The minimum Gasteiger partial charge on any atom is -0.392 e. The lowest BCUT2D eigenvalue weighted by atomic mass is 9.79. The Morgan fingerprint density at radius 2 is 0.963 bits per heavy atom. The van der Waals surface area contributed by atoms with Gasteiger partial charge in [-0.25, -0.2) is 0 Å². The highest BCUT2D eigenvalue weighted by Crippen LogP contribution is 2.47. The molecule has 2 saturated heterocycles. The minimum absolute atomic E-state index is 0.204. The number of aliphatic hydroxyl groups is 2. The average Bonchev–Trinajstić information content (AvgIpc) is 2.97. The van der Waals surface area contributed by atoms with E-state index < -0.39 is 35.9 Å². The van der Waals surface area contributed by atoms with Crippen LogP contribution in [0.1, 0.15) is 25.7 Å². The van der Waals surface area contributed by atoms with Crippen molar-refractivity contribution >= 4 is 35.4 Å². The fraction of sp³-hybridized carbons (Fsp3) is 0.778. The molecule has 4 fully saturated rings. The van der Waals surface area contributed by atoms with Gasteiger partial charge >= 0.3 is 0 Å². The van der Waals surface area contributed by atoms with Crippen LogP contribution >= 0.6 is 11.8 Å². The summed E-state index contributed by atoms with van der Waals surface area (Å²) in [7, 11) is 2.95. The number of rotatable bonds is 2. The van der Waals surface area contributed by atoms with Crippen molar-refractivity contribution in [1.29, 1.82) is 0 Å². The normalized spacial score (nSPS) is 44.7. The predicted molar refractivity (Wildman–Crippen MR) is 95.2 cm³/mol. The molecule has 2 heterocycles. The van der Waals surface area contributed by atoms with E-state index in [1.54, 1.807) is 0 Å². The third-order valence-corrected chi connectivity index (χ3v) is 8.45. The zero-order valence-corrected chi connectivity index (χ0v) is 16.1. The number of hydrogen-bond acceptors (Lipinski definition) is 7. The van der Waals surface area contributed by atoms with Crippen LogP contribution in [0, 0.1) is 23.7 Å². The van der Waals surface area contributed by atoms with Crippen LogP contribution in [0.3, 0.4) is 0 Å². The predicted octanol–water partition coefficient (Wildman–Crippen LogP) is -0.772. The summed E-state index contributed by atoms with van der Waals surface area (Å²) in [6.07, 6.45) is -0.232. The van der Waals surface area contributed by atoms with Crippen molar-refractivity contribution < 1.29 is 29.4 Å². The van der Waals surface area contributed by atoms with Gasteiger partial charge in [-0.1, -0.05) is 0 Å². The van der Waals surface area contributed by atoms with Gasteiger partial charge in [-0.2, -0.15) is 0 Å². The van der Waals surface area contributed by atoms with Gasteiger partial charge in [-0.05, 0) is 25.7 Å². The summed E-state index contributed by atoms with van der Waals surface area (Å²) in [5, 5.41) is 20.5. The van der Waals surface area contributed by atoms with E-state index in [-0.39, 0.29) is 47.0 Å². The quantitative estimate of drug-likeness (QED) is 0.589. The van der Waals surface area contributed by atoms with Gasteiger partial charge in [-0.3, -0.25) is 29.0 Å². The van der Waals surface area contributed by atoms with Gasteiger partial charge in [0.15, 0.2) is 0 Å². The Hall–Kier alpha value is -1.45. The highest BCUT2D eigenvalue weighted by Gasteiger charge is 2.54. The first-order valence-electron chi connectivity index (χ1n) is 9.35. The monoisotopic (exact) mass is 396 g/mol. The molecule has 0 spiro atoms. The summed E-state index contributed by atoms with van der Waals surface area (Å²) in [4.78, 5) is 51.2. The molecule has 4 aliphatic rings. The van der Waals surface area contributed by atoms with Crippen molar-refractivity contribution in [3.05, 3.63) is 0 Å². The summed E-state index contributed by atoms with van der Waals surface area (Å²) in [6.45, 7) is 0. The third-order valence-electron chi connectivity index (χ3n) is 6.73. The largest absolute Gasteiger partial charge is 0.392 e. The average molecular weight is 396 g/mol. The van der Waals surface area contributed by atoms with E-state index in [9.17, 15) is 29.4 Å². The highest BCUT2D eigenvalue weighted by molar-refractivity contribution is 8.00. The Morgan fingerprint density at radius 1 is 0.667 bits per heavy atom. The number of carbonyl (C=O) groups is 4. The van der Waals surface area contributed by atoms with Crippen LogP contribution in [-0.2, 0) is 19.2 Å². The SMILES string of the molecule is CN1C(=O)[C@H]2C[C@@H](S[C@@H]3C[C@H]4C(=O)N(C)C(=O)[C@@H]4C[C@@H]3O)[C@@H](O)C[C@H]2C1=O. The first-order chi connectivity index (χ1) is 12.7. The molecule has 2 N–H and O–H groups in total. The van der Waals surface area contributed by atoms with Gasteiger partial charge in [0.1, 0.15) is 0 Å². The Morgan fingerprint density at radius 3 is 1.30 bits per heavy atom. The van der Waals surface area contributed by atoms with Crippen molar-refractivity contribution in [2.24, 2.45) is 23.7 Å². The molecule has 8 nitrogen and oxygen atoms in total. The second kappa shape index (κ2) is 6.56. The van der Waals surface area contributed by atoms with E-state index in [2.05, 4.69) is 0 Å². The van der Waals surface area contributed by atoms with Crippen LogP contribution in [0.4, 0.5) is 0 Å². The van der Waals surface area contributed by atoms with Gasteiger partial charge in [0, 0.05) is 24.6 Å². The molecule has 2 saturated carbocycles. The Kier molecular flexibility index (Phi) is 4.59. The molecule has 148 valence electrons. The molecule has 4 rings (SSSR count). The molecule has 0 unspecified atom stereocenters. The fourth-order valence-corrected chi connectivity index (χ4v) is 6.79. The van der Waals surface area contributed by atoms with E-state index in [4.69, 9.17) is 0 Å². The third kappa shape index (κ3) is 2.82. The number of aliphatic hydroxyl groups excluding tert-OH is 2. The van der Waals surface area contributed by atoms with Crippen LogP contribution < -0.4 is 0 Å². The van der Waals surface area contributed by atoms with Crippen molar-refractivity contribution in [2.75, 3.05) is 14.1 Å². The Balaban J connectivity index is 1.46. The maximum absolute atomic E-state index is 12.3. The van der Waals surface area contributed by atoms with E-state index in [0.29, 0.717) is 12.8 Å². The number of carbonyl (C=O) groups excluding carboxylic acids is 4. The van der Waals surface area contributed by atoms with Crippen molar-refractivity contribution in [3.63, 3.8) is 0 Å². The van der Waals surface area contributed by atoms with Crippen LogP contribution in [0.15, 0.2) is 0 Å². The first kappa shape index (κ1) is 18.9. The first-order valence-corrected chi connectivity index (χ1v) is 10.3. The molecule has 27 heavy (non-hydrogen) atoms. The topological polar surface area (TPSA) is 115 Å². The highest BCUT2D eigenvalue weighted by atomic mass is 32.2. The molecule has 0 aromatic rings. The summed E-state index contributed by atoms with van der Waals surface area (Å²) in [5.74, 6) is -2.63. The fourth-order valence-electron chi connectivity index (χ4n) is 5.12. The lowest BCUT2D eigenvalue weighted by Crippen LogP contribution is -2.43. The van der Waals surface area contributed by atoms with Gasteiger partial charge in [0.25, 0.3) is 0 Å². The van der Waals surface area contributed by atoms with Crippen molar-refractivity contribution in [2.45, 2.75) is 48.4 Å². The molecule has 2 aliphatic heterocycles. The summed E-state index contributed by atoms with van der Waals surface area (Å²) < 4.78 is 0. The van der Waals surface area contributed by atoms with E-state index in [0.717, 1.165) is 9.80 Å². The lowest BCUT2D eigenvalue weighted by Gasteiger charge is -2.39. The van der Waals surface area contributed by atoms with Crippen molar-refractivity contribution in [3.8, 4) is 0 Å². The second-order valence-electron chi connectivity index (χ2n) is 8.19. The van der Waals surface area contributed by atoms with Crippen LogP contribution in [0.5, 0.6) is 0 Å². The number of thioether (sulfide) groups is 1. The number of amides is 4. The standard InChI is InChI=1S/C18H24N2O6S/c1-19-15(23)7-3-11(21)13(5-9(7)17(19)25)27-14-6-10-8(4-12(14)22)16(24)20(2)18(10)26/h7-14,21-22H,3-6H2,1-2H3/t7-,8-,9-,10+,11+,12+,13-,14-/m1/s1. The number of nitrogens with zero attached hydrogens (tertiary/aromatic N) is 2. The molecule has 4 amide bonds. The van der Waals surface area contributed by atoms with Gasteiger partial charge in [0.2, 0.25) is 23.6 Å². The Bertz CT molecular complexity index is 656. The second-order valence-corrected chi connectivity index (χ2v) is 9.67. The summed E-state index contributed by atoms with van der Waals surface area (Å²) in [5.41, 5.74) is 0. The summed E-state index contributed by atoms with van der Waals surface area (Å²) >= 11 is 1.40. The summed E-state index contributed by atoms with van der Waals surface area (Å²) in [6, 6.07) is 0. The van der Waals surface area contributed by atoms with Gasteiger partial charge in [0.05, 0.1) is 35.9 Å². The van der Waals surface area contributed by atoms with Crippen LogP contribution in [-0.4, -0.2) is 80.4 Å². The molecule has 8 atom stereocenters. The number of likely N-dealkylation sites (tertiary alicyclic amines) is 2. The van der Waals surface area contributed by atoms with Crippen LogP contribution in [0.2, 0.25) is 0 Å². The zero-order chi connectivity index (χ0) is 19.6. The number of hydrogen-bond donors (Lipinski definition) is 2.